The molecule has 0 heterocycles. The number of amides is 2. The Morgan fingerprint density at radius 2 is 1.59 bits per heavy atom. The van der Waals surface area contributed by atoms with Crippen LogP contribution in [0.5, 0.6) is 0 Å². The summed E-state index contributed by atoms with van der Waals surface area (Å²) < 4.78 is 13.0. The van der Waals surface area contributed by atoms with Crippen LogP contribution in [0.25, 0.3) is 0 Å². The Bertz CT molecular complexity index is 785. The number of nitrogens with one attached hydrogen (secondary N) is 3. The molecule has 2 atom stereocenters. The molecule has 2 unspecified atom stereocenters. The summed E-state index contributed by atoms with van der Waals surface area (Å²) in [4.78, 5) is 24.4. The lowest BCUT2D eigenvalue weighted by molar-refractivity contribution is -0.125. The molecule has 0 fully saturated rings. The number of benzene rings is 2. The van der Waals surface area contributed by atoms with Crippen molar-refractivity contribution in [3.05, 3.63) is 65.0 Å². The molecular formula is C21H26FN3O2. The van der Waals surface area contributed by atoms with E-state index >= 15 is 0 Å². The van der Waals surface area contributed by atoms with E-state index in [0.29, 0.717) is 0 Å². The van der Waals surface area contributed by atoms with Gasteiger partial charge in [0.2, 0.25) is 11.8 Å². The van der Waals surface area contributed by atoms with Gasteiger partial charge in [-0.05, 0) is 56.5 Å². The van der Waals surface area contributed by atoms with Gasteiger partial charge in [-0.25, -0.2) is 4.39 Å². The maximum Gasteiger partial charge on any atom is 0.243 e. The van der Waals surface area contributed by atoms with Crippen molar-refractivity contribution in [1.29, 1.82) is 0 Å². The average Bonchev–Trinajstić information content (AvgIpc) is 2.63. The van der Waals surface area contributed by atoms with E-state index in [2.05, 4.69) is 16.0 Å². The van der Waals surface area contributed by atoms with Crippen LogP contribution < -0.4 is 16.0 Å². The molecule has 0 radical (unpaired) electrons. The van der Waals surface area contributed by atoms with Gasteiger partial charge in [-0.2, -0.15) is 0 Å². The third-order valence-corrected chi connectivity index (χ3v) is 4.43. The molecule has 0 spiro atoms. The van der Waals surface area contributed by atoms with Gasteiger partial charge in [0.15, 0.2) is 0 Å². The number of aryl methyl sites for hydroxylation is 2. The lowest BCUT2D eigenvalue weighted by Crippen LogP contribution is -2.45. The number of carbonyl (C=O) groups excluding carboxylic acids is 2. The van der Waals surface area contributed by atoms with E-state index in [1.165, 1.54) is 12.1 Å². The zero-order valence-electron chi connectivity index (χ0n) is 16.1. The molecule has 0 aliphatic heterocycles. The number of rotatable bonds is 7. The monoisotopic (exact) mass is 371 g/mol. The molecule has 5 nitrogen and oxygen atoms in total. The molecule has 0 saturated heterocycles. The van der Waals surface area contributed by atoms with Crippen LogP contribution in [0.15, 0.2) is 42.5 Å². The lowest BCUT2D eigenvalue weighted by Gasteiger charge is -2.20. The standard InChI is InChI=1S/C21H26FN3O2/c1-13-6-5-7-14(2)20(13)25-19(26)12-23-21(27)16(4)24-15(3)17-8-10-18(22)11-9-17/h5-11,15-16,24H,12H2,1-4H3,(H,23,27)(H,25,26). The number of halogens is 1. The van der Waals surface area contributed by atoms with Gasteiger partial charge in [-0.15, -0.1) is 0 Å². The normalized spacial score (nSPS) is 12.9. The van der Waals surface area contributed by atoms with Gasteiger partial charge >= 0.3 is 0 Å². The van der Waals surface area contributed by atoms with Crippen molar-refractivity contribution in [2.45, 2.75) is 39.8 Å². The Labute approximate surface area is 159 Å². The largest absolute Gasteiger partial charge is 0.346 e. The Hall–Kier alpha value is -2.73. The summed E-state index contributed by atoms with van der Waals surface area (Å²) in [5.41, 5.74) is 3.59. The summed E-state index contributed by atoms with van der Waals surface area (Å²) in [7, 11) is 0. The minimum absolute atomic E-state index is 0.108. The molecule has 2 amide bonds. The summed E-state index contributed by atoms with van der Waals surface area (Å²) in [5, 5.41) is 8.61. The Kier molecular flexibility index (Phi) is 7.07. The molecule has 0 bridgehead atoms. The predicted molar refractivity (Wildman–Crippen MR) is 105 cm³/mol. The van der Waals surface area contributed by atoms with E-state index in [9.17, 15) is 14.0 Å². The molecule has 2 aromatic carbocycles. The second-order valence-corrected chi connectivity index (χ2v) is 6.69. The maximum atomic E-state index is 13.0. The van der Waals surface area contributed by atoms with Gasteiger partial charge in [-0.3, -0.25) is 14.9 Å². The van der Waals surface area contributed by atoms with E-state index in [0.717, 1.165) is 22.4 Å². The van der Waals surface area contributed by atoms with Gasteiger partial charge < -0.3 is 10.6 Å². The fraction of sp³-hybridized carbons (Fsp3) is 0.333. The van der Waals surface area contributed by atoms with Crippen molar-refractivity contribution in [2.75, 3.05) is 11.9 Å². The van der Waals surface area contributed by atoms with Gasteiger partial charge in [-0.1, -0.05) is 30.3 Å². The number of anilines is 1. The van der Waals surface area contributed by atoms with Crippen molar-refractivity contribution >= 4 is 17.5 Å². The molecule has 2 rings (SSSR count). The lowest BCUT2D eigenvalue weighted by atomic mass is 10.1. The highest BCUT2D eigenvalue weighted by molar-refractivity contribution is 5.96. The summed E-state index contributed by atoms with van der Waals surface area (Å²) in [6, 6.07) is 11.3. The van der Waals surface area contributed by atoms with Crippen LogP contribution in [0.1, 0.15) is 36.6 Å². The van der Waals surface area contributed by atoms with Crippen LogP contribution >= 0.6 is 0 Å². The van der Waals surface area contributed by atoms with Crippen molar-refractivity contribution in [3.63, 3.8) is 0 Å². The Morgan fingerprint density at radius 1 is 1.00 bits per heavy atom. The first-order valence-electron chi connectivity index (χ1n) is 8.93. The Morgan fingerprint density at radius 3 is 2.19 bits per heavy atom. The Balaban J connectivity index is 1.83. The molecule has 0 saturated carbocycles. The first kappa shape index (κ1) is 20.6. The number of carbonyl (C=O) groups is 2. The summed E-state index contributed by atoms with van der Waals surface area (Å²) in [5.74, 6) is -0.855. The summed E-state index contributed by atoms with van der Waals surface area (Å²) >= 11 is 0. The van der Waals surface area contributed by atoms with Crippen molar-refractivity contribution in [1.82, 2.24) is 10.6 Å². The van der Waals surface area contributed by atoms with Crippen molar-refractivity contribution in [3.8, 4) is 0 Å². The molecule has 6 heteroatoms. The minimum atomic E-state index is -0.502. The molecule has 0 aliphatic rings. The van der Waals surface area contributed by atoms with Crippen LogP contribution in [0, 0.1) is 19.7 Å². The first-order chi connectivity index (χ1) is 12.8. The zero-order valence-corrected chi connectivity index (χ0v) is 16.1. The van der Waals surface area contributed by atoms with Crippen LogP contribution in [0.2, 0.25) is 0 Å². The molecule has 0 aliphatic carbocycles. The molecule has 0 aromatic heterocycles. The molecule has 3 N–H and O–H groups in total. The molecule has 2 aromatic rings. The highest BCUT2D eigenvalue weighted by atomic mass is 19.1. The highest BCUT2D eigenvalue weighted by Crippen LogP contribution is 2.19. The third kappa shape index (κ3) is 5.89. The van der Waals surface area contributed by atoms with Crippen LogP contribution in [0.3, 0.4) is 0 Å². The third-order valence-electron chi connectivity index (χ3n) is 4.43. The quantitative estimate of drug-likeness (QED) is 0.700. The van der Waals surface area contributed by atoms with E-state index in [4.69, 9.17) is 0 Å². The van der Waals surface area contributed by atoms with Crippen LogP contribution in [0.4, 0.5) is 10.1 Å². The molecular weight excluding hydrogens is 345 g/mol. The second kappa shape index (κ2) is 9.28. The fourth-order valence-corrected chi connectivity index (χ4v) is 2.81. The zero-order chi connectivity index (χ0) is 20.0. The fourth-order valence-electron chi connectivity index (χ4n) is 2.81. The maximum absolute atomic E-state index is 13.0. The van der Waals surface area contributed by atoms with Gasteiger partial charge in [0.25, 0.3) is 0 Å². The summed E-state index contributed by atoms with van der Waals surface area (Å²) in [6.07, 6.45) is 0. The predicted octanol–water partition coefficient (Wildman–Crippen LogP) is 3.24. The highest BCUT2D eigenvalue weighted by Gasteiger charge is 2.17. The SMILES string of the molecule is Cc1cccc(C)c1NC(=O)CNC(=O)C(C)NC(C)c1ccc(F)cc1. The summed E-state index contributed by atoms with van der Waals surface area (Å²) in [6.45, 7) is 7.35. The van der Waals surface area contributed by atoms with Crippen molar-refractivity contribution in [2.24, 2.45) is 0 Å². The van der Waals surface area contributed by atoms with Crippen LogP contribution in [-0.4, -0.2) is 24.4 Å². The molecule has 27 heavy (non-hydrogen) atoms. The van der Waals surface area contributed by atoms with Gasteiger partial charge in [0, 0.05) is 11.7 Å². The molecule has 144 valence electrons. The van der Waals surface area contributed by atoms with Gasteiger partial charge in [0.1, 0.15) is 5.82 Å². The second-order valence-electron chi connectivity index (χ2n) is 6.69. The van der Waals surface area contributed by atoms with Gasteiger partial charge in [0.05, 0.1) is 12.6 Å². The van der Waals surface area contributed by atoms with Crippen molar-refractivity contribution < 1.29 is 14.0 Å². The number of para-hydroxylation sites is 1. The first-order valence-corrected chi connectivity index (χ1v) is 8.93. The van der Waals surface area contributed by atoms with E-state index < -0.39 is 6.04 Å². The van der Waals surface area contributed by atoms with E-state index in [1.54, 1.807) is 19.1 Å². The van der Waals surface area contributed by atoms with E-state index in [1.807, 2.05) is 39.0 Å². The average molecular weight is 371 g/mol. The number of hydrogen-bond donors (Lipinski definition) is 3. The number of hydrogen-bond acceptors (Lipinski definition) is 3. The smallest absolute Gasteiger partial charge is 0.243 e. The minimum Gasteiger partial charge on any atom is -0.346 e. The van der Waals surface area contributed by atoms with E-state index in [-0.39, 0.29) is 30.2 Å². The van der Waals surface area contributed by atoms with Crippen LogP contribution in [-0.2, 0) is 9.59 Å². The topological polar surface area (TPSA) is 70.2 Å².